The summed E-state index contributed by atoms with van der Waals surface area (Å²) in [4.78, 5) is 0. The number of benzene rings is 2. The summed E-state index contributed by atoms with van der Waals surface area (Å²) < 4.78 is 18.8. The third kappa shape index (κ3) is 3.58. The molecule has 1 atom stereocenters. The highest BCUT2D eigenvalue weighted by atomic mass is 19.1. The summed E-state index contributed by atoms with van der Waals surface area (Å²) in [5.74, 6) is 0.455. The minimum absolute atomic E-state index is 0.254. The number of halogens is 1. The number of rotatable bonds is 5. The molecule has 2 nitrogen and oxygen atoms in total. The molecule has 0 radical (unpaired) electrons. The second-order valence-corrected chi connectivity index (χ2v) is 4.85. The Labute approximate surface area is 118 Å². The molecule has 0 amide bonds. The Morgan fingerprint density at radius 2 is 1.85 bits per heavy atom. The van der Waals surface area contributed by atoms with Crippen molar-refractivity contribution in [1.82, 2.24) is 0 Å². The number of hydrogen-bond acceptors (Lipinski definition) is 2. The molecule has 0 saturated heterocycles. The van der Waals surface area contributed by atoms with E-state index < -0.39 is 6.10 Å². The molecule has 3 heteroatoms. The van der Waals surface area contributed by atoms with Crippen LogP contribution in [0.25, 0.3) is 0 Å². The van der Waals surface area contributed by atoms with E-state index in [9.17, 15) is 9.50 Å². The number of aliphatic hydroxyl groups is 1. The molecule has 106 valence electrons. The molecule has 0 spiro atoms. The van der Waals surface area contributed by atoms with Crippen LogP contribution in [0.2, 0.25) is 0 Å². The van der Waals surface area contributed by atoms with Crippen molar-refractivity contribution in [3.63, 3.8) is 0 Å². The van der Waals surface area contributed by atoms with Crippen LogP contribution < -0.4 is 4.74 Å². The summed E-state index contributed by atoms with van der Waals surface area (Å²) in [6.07, 6.45) is 0.248. The minimum Gasteiger partial charge on any atom is -0.489 e. The van der Waals surface area contributed by atoms with Gasteiger partial charge in [-0.2, -0.15) is 0 Å². The first-order valence-electron chi connectivity index (χ1n) is 6.76. The Bertz CT molecular complexity index is 564. The van der Waals surface area contributed by atoms with Crippen LogP contribution in [0.5, 0.6) is 5.75 Å². The molecule has 20 heavy (non-hydrogen) atoms. The zero-order chi connectivity index (χ0) is 14.5. The van der Waals surface area contributed by atoms with Crippen molar-refractivity contribution in [2.24, 2.45) is 0 Å². The van der Waals surface area contributed by atoms with Crippen molar-refractivity contribution >= 4 is 0 Å². The molecule has 2 rings (SSSR count). The Morgan fingerprint density at radius 3 is 2.50 bits per heavy atom. The van der Waals surface area contributed by atoms with Crippen LogP contribution in [0.3, 0.4) is 0 Å². The fourth-order valence-electron chi connectivity index (χ4n) is 1.98. The quantitative estimate of drug-likeness (QED) is 0.887. The Morgan fingerprint density at radius 1 is 1.15 bits per heavy atom. The van der Waals surface area contributed by atoms with Crippen molar-refractivity contribution in [2.45, 2.75) is 33.0 Å². The lowest BCUT2D eigenvalue weighted by molar-refractivity contribution is 0.173. The minimum atomic E-state index is -0.436. The third-order valence-electron chi connectivity index (χ3n) is 3.36. The van der Waals surface area contributed by atoms with Crippen LogP contribution in [-0.4, -0.2) is 5.11 Å². The lowest BCUT2D eigenvalue weighted by Crippen LogP contribution is -1.99. The number of aryl methyl sites for hydroxylation is 1. The van der Waals surface area contributed by atoms with Crippen molar-refractivity contribution in [1.29, 1.82) is 0 Å². The SMILES string of the molecule is CCC(O)c1ccc(OCc2cc(F)ccc2C)cc1. The van der Waals surface area contributed by atoms with E-state index in [2.05, 4.69) is 0 Å². The first kappa shape index (κ1) is 14.5. The van der Waals surface area contributed by atoms with Gasteiger partial charge in [-0.1, -0.05) is 25.1 Å². The molecule has 0 saturated carbocycles. The van der Waals surface area contributed by atoms with E-state index in [4.69, 9.17) is 4.74 Å². The van der Waals surface area contributed by atoms with Gasteiger partial charge in [0.05, 0.1) is 6.10 Å². The summed E-state index contributed by atoms with van der Waals surface area (Å²) in [6, 6.07) is 12.0. The predicted octanol–water partition coefficient (Wildman–Crippen LogP) is 4.16. The van der Waals surface area contributed by atoms with Gasteiger partial charge in [0.25, 0.3) is 0 Å². The van der Waals surface area contributed by atoms with Gasteiger partial charge in [-0.05, 0) is 54.3 Å². The Balaban J connectivity index is 2.02. The van der Waals surface area contributed by atoms with Gasteiger partial charge in [-0.3, -0.25) is 0 Å². The summed E-state index contributed by atoms with van der Waals surface area (Å²) >= 11 is 0. The maximum atomic E-state index is 13.2. The van der Waals surface area contributed by atoms with Crippen LogP contribution >= 0.6 is 0 Å². The fourth-order valence-corrected chi connectivity index (χ4v) is 1.98. The number of hydrogen-bond donors (Lipinski definition) is 1. The van der Waals surface area contributed by atoms with Gasteiger partial charge in [-0.15, -0.1) is 0 Å². The molecule has 0 bridgehead atoms. The molecule has 0 aliphatic carbocycles. The fraction of sp³-hybridized carbons (Fsp3) is 0.294. The molecule has 0 aromatic heterocycles. The molecule has 2 aromatic rings. The molecule has 1 unspecified atom stereocenters. The molecule has 2 aromatic carbocycles. The highest BCUT2D eigenvalue weighted by molar-refractivity contribution is 5.30. The van der Waals surface area contributed by atoms with Gasteiger partial charge in [0.1, 0.15) is 18.2 Å². The summed E-state index contributed by atoms with van der Waals surface area (Å²) in [5.41, 5.74) is 2.72. The van der Waals surface area contributed by atoms with Gasteiger partial charge < -0.3 is 9.84 Å². The average molecular weight is 274 g/mol. The number of aliphatic hydroxyl groups excluding tert-OH is 1. The molecule has 0 aliphatic rings. The molecule has 0 fully saturated rings. The summed E-state index contributed by atoms with van der Waals surface area (Å²) in [5, 5.41) is 9.71. The second-order valence-electron chi connectivity index (χ2n) is 4.85. The van der Waals surface area contributed by atoms with Crippen LogP contribution in [0.15, 0.2) is 42.5 Å². The van der Waals surface area contributed by atoms with E-state index in [1.54, 1.807) is 6.07 Å². The molecular weight excluding hydrogens is 255 g/mol. The van der Waals surface area contributed by atoms with Gasteiger partial charge in [-0.25, -0.2) is 4.39 Å². The van der Waals surface area contributed by atoms with Crippen LogP contribution in [0, 0.1) is 12.7 Å². The van der Waals surface area contributed by atoms with Crippen molar-refractivity contribution in [3.05, 3.63) is 65.0 Å². The largest absolute Gasteiger partial charge is 0.489 e. The molecule has 1 N–H and O–H groups in total. The van der Waals surface area contributed by atoms with Crippen LogP contribution in [0.4, 0.5) is 4.39 Å². The van der Waals surface area contributed by atoms with E-state index in [0.717, 1.165) is 16.7 Å². The maximum absolute atomic E-state index is 13.2. The maximum Gasteiger partial charge on any atom is 0.123 e. The van der Waals surface area contributed by atoms with Gasteiger partial charge in [0.15, 0.2) is 0 Å². The standard InChI is InChI=1S/C17H19FO2/c1-3-17(19)13-5-8-16(9-6-13)20-11-14-10-15(18)7-4-12(14)2/h4-10,17,19H,3,11H2,1-2H3. The van der Waals surface area contributed by atoms with E-state index in [1.165, 1.54) is 12.1 Å². The molecular formula is C17H19FO2. The smallest absolute Gasteiger partial charge is 0.123 e. The van der Waals surface area contributed by atoms with Gasteiger partial charge in [0.2, 0.25) is 0 Å². The predicted molar refractivity (Wildman–Crippen MR) is 77.2 cm³/mol. The third-order valence-corrected chi connectivity index (χ3v) is 3.36. The van der Waals surface area contributed by atoms with Crippen molar-refractivity contribution in [2.75, 3.05) is 0 Å². The normalized spacial score (nSPS) is 12.2. The zero-order valence-corrected chi connectivity index (χ0v) is 11.8. The first-order valence-corrected chi connectivity index (χ1v) is 6.76. The molecule has 0 heterocycles. The lowest BCUT2D eigenvalue weighted by atomic mass is 10.1. The average Bonchev–Trinajstić information content (AvgIpc) is 2.48. The lowest BCUT2D eigenvalue weighted by Gasteiger charge is -2.11. The van der Waals surface area contributed by atoms with Gasteiger partial charge >= 0.3 is 0 Å². The first-order chi connectivity index (χ1) is 9.60. The highest BCUT2D eigenvalue weighted by Gasteiger charge is 2.05. The van der Waals surface area contributed by atoms with Gasteiger partial charge in [0, 0.05) is 0 Å². The van der Waals surface area contributed by atoms with Crippen molar-refractivity contribution < 1.29 is 14.2 Å². The van der Waals surface area contributed by atoms with E-state index in [-0.39, 0.29) is 5.82 Å². The highest BCUT2D eigenvalue weighted by Crippen LogP contribution is 2.21. The summed E-state index contributed by atoms with van der Waals surface area (Å²) in [6.45, 7) is 4.19. The topological polar surface area (TPSA) is 29.5 Å². The van der Waals surface area contributed by atoms with E-state index in [1.807, 2.05) is 38.1 Å². The van der Waals surface area contributed by atoms with E-state index >= 15 is 0 Å². The second kappa shape index (κ2) is 6.53. The Hall–Kier alpha value is -1.87. The summed E-state index contributed by atoms with van der Waals surface area (Å²) in [7, 11) is 0. The van der Waals surface area contributed by atoms with Crippen molar-refractivity contribution in [3.8, 4) is 5.75 Å². The number of ether oxygens (including phenoxy) is 1. The monoisotopic (exact) mass is 274 g/mol. The Kier molecular flexibility index (Phi) is 4.74. The van der Waals surface area contributed by atoms with E-state index in [0.29, 0.717) is 18.8 Å². The zero-order valence-electron chi connectivity index (χ0n) is 11.8. The van der Waals surface area contributed by atoms with Crippen LogP contribution in [0.1, 0.15) is 36.1 Å². The van der Waals surface area contributed by atoms with Crippen LogP contribution in [-0.2, 0) is 6.61 Å². The molecule has 0 aliphatic heterocycles.